The van der Waals surface area contributed by atoms with E-state index < -0.39 is 17.2 Å². The predicted octanol–water partition coefficient (Wildman–Crippen LogP) is 5.24. The number of nitrogens with zero attached hydrogens (tertiary/aromatic N) is 4. The number of piperazine rings is 1. The summed E-state index contributed by atoms with van der Waals surface area (Å²) in [4.78, 5) is 46.1. The summed E-state index contributed by atoms with van der Waals surface area (Å²) in [5.74, 6) is -0.758. The first-order valence-electron chi connectivity index (χ1n) is 15.5. The number of aromatic nitrogens is 1. The van der Waals surface area contributed by atoms with Gasteiger partial charge in [-0.15, -0.1) is 0 Å². The predicted molar refractivity (Wildman–Crippen MR) is 174 cm³/mol. The zero-order valence-electron chi connectivity index (χ0n) is 25.7. The van der Waals surface area contributed by atoms with E-state index in [-0.39, 0.29) is 53.0 Å². The minimum atomic E-state index is -0.592. The molecule has 2 aliphatic heterocycles. The second-order valence-electron chi connectivity index (χ2n) is 12.4. The number of ether oxygens (including phenoxy) is 1. The maximum absolute atomic E-state index is 16.2. The molecular formula is C33H38Cl2FN5O4. The van der Waals surface area contributed by atoms with Gasteiger partial charge >= 0.3 is 0 Å². The number of fused-ring (bicyclic) bond motifs is 1. The fraction of sp³-hybridized carbons (Fsp3) is 0.485. The highest BCUT2D eigenvalue weighted by Gasteiger charge is 2.36. The molecule has 0 spiro atoms. The lowest BCUT2D eigenvalue weighted by Gasteiger charge is -2.45. The normalized spacial score (nSPS) is 20.6. The van der Waals surface area contributed by atoms with E-state index in [0.717, 1.165) is 38.8 Å². The quantitative estimate of drug-likeness (QED) is 0.357. The third kappa shape index (κ3) is 6.24. The Balaban J connectivity index is 1.31. The van der Waals surface area contributed by atoms with Crippen LogP contribution in [-0.4, -0.2) is 78.1 Å². The van der Waals surface area contributed by atoms with E-state index >= 15 is 4.39 Å². The molecule has 3 heterocycles. The van der Waals surface area contributed by atoms with Crippen molar-refractivity contribution in [3.63, 3.8) is 0 Å². The van der Waals surface area contributed by atoms with Gasteiger partial charge in [0.1, 0.15) is 11.3 Å². The minimum Gasteiger partial charge on any atom is -0.492 e. The van der Waals surface area contributed by atoms with E-state index in [1.54, 1.807) is 24.4 Å². The van der Waals surface area contributed by atoms with Gasteiger partial charge in [0.15, 0.2) is 11.6 Å². The lowest BCUT2D eigenvalue weighted by molar-refractivity contribution is -0.132. The first-order valence-corrected chi connectivity index (χ1v) is 16.3. The number of rotatable bonds is 8. The summed E-state index contributed by atoms with van der Waals surface area (Å²) in [6, 6.07) is 6.22. The molecule has 3 aliphatic rings. The van der Waals surface area contributed by atoms with Gasteiger partial charge in [-0.05, 0) is 63.3 Å². The van der Waals surface area contributed by atoms with Crippen molar-refractivity contribution in [3.05, 3.63) is 67.7 Å². The number of carbonyl (C=O) groups is 2. The summed E-state index contributed by atoms with van der Waals surface area (Å²) in [5.41, 5.74) is 0.770. The van der Waals surface area contributed by atoms with Crippen molar-refractivity contribution < 1.29 is 18.7 Å². The molecule has 240 valence electrons. The van der Waals surface area contributed by atoms with Crippen LogP contribution >= 0.6 is 23.2 Å². The number of hydrogen-bond donors (Lipinski definition) is 1. The lowest BCUT2D eigenvalue weighted by atomic mass is 10.0. The number of hydrogen-bond acceptors (Lipinski definition) is 6. The molecule has 6 rings (SSSR count). The van der Waals surface area contributed by atoms with Gasteiger partial charge in [0.2, 0.25) is 11.3 Å². The maximum atomic E-state index is 16.2. The molecule has 1 N–H and O–H groups in total. The van der Waals surface area contributed by atoms with Crippen molar-refractivity contribution >= 4 is 51.6 Å². The van der Waals surface area contributed by atoms with Crippen LogP contribution in [0.2, 0.25) is 10.0 Å². The zero-order chi connectivity index (χ0) is 32.0. The Morgan fingerprint density at radius 1 is 1.07 bits per heavy atom. The molecule has 2 saturated heterocycles. The highest BCUT2D eigenvalue weighted by molar-refractivity contribution is 6.35. The summed E-state index contributed by atoms with van der Waals surface area (Å²) in [6.07, 6.45) is 5.39. The number of halogens is 3. The first-order chi connectivity index (χ1) is 21.6. The highest BCUT2D eigenvalue weighted by atomic mass is 35.5. The fourth-order valence-electron chi connectivity index (χ4n) is 6.74. The van der Waals surface area contributed by atoms with Crippen LogP contribution in [0.25, 0.3) is 10.9 Å². The Kier molecular flexibility index (Phi) is 9.00. The van der Waals surface area contributed by atoms with E-state index in [1.807, 2.05) is 28.2 Å². The summed E-state index contributed by atoms with van der Waals surface area (Å²) < 4.78 is 23.9. The fourth-order valence-corrected chi connectivity index (χ4v) is 7.22. The Morgan fingerprint density at radius 3 is 2.38 bits per heavy atom. The van der Waals surface area contributed by atoms with E-state index in [1.165, 1.54) is 13.2 Å². The van der Waals surface area contributed by atoms with Crippen LogP contribution in [-0.2, 0) is 11.3 Å². The number of carbonyl (C=O) groups excluding carboxylic acids is 2. The number of benzene rings is 2. The number of anilines is 1. The smallest absolute Gasteiger partial charge is 0.257 e. The second kappa shape index (κ2) is 12.8. The maximum Gasteiger partial charge on any atom is 0.257 e. The molecule has 0 bridgehead atoms. The average Bonchev–Trinajstić information content (AvgIpc) is 3.70. The third-order valence-corrected chi connectivity index (χ3v) is 9.82. The molecule has 0 radical (unpaired) electrons. The van der Waals surface area contributed by atoms with Crippen LogP contribution < -0.4 is 20.4 Å². The Hall–Kier alpha value is -3.34. The van der Waals surface area contributed by atoms with Crippen LogP contribution in [0.1, 0.15) is 61.5 Å². The van der Waals surface area contributed by atoms with Crippen molar-refractivity contribution in [2.75, 3.05) is 44.7 Å². The van der Waals surface area contributed by atoms with Gasteiger partial charge in [-0.25, -0.2) is 4.39 Å². The molecule has 12 heteroatoms. The first kappa shape index (κ1) is 31.6. The van der Waals surface area contributed by atoms with E-state index in [4.69, 9.17) is 27.9 Å². The molecule has 2 atom stereocenters. The Bertz CT molecular complexity index is 1690. The molecule has 1 aromatic heterocycles. The summed E-state index contributed by atoms with van der Waals surface area (Å²) >= 11 is 12.3. The van der Waals surface area contributed by atoms with Gasteiger partial charge in [0.25, 0.3) is 5.91 Å². The Morgan fingerprint density at radius 2 is 1.76 bits per heavy atom. The number of methoxy groups -OCH3 is 1. The van der Waals surface area contributed by atoms with E-state index in [0.29, 0.717) is 40.8 Å². The van der Waals surface area contributed by atoms with E-state index in [9.17, 15) is 14.4 Å². The van der Waals surface area contributed by atoms with Crippen LogP contribution in [0, 0.1) is 5.82 Å². The molecular weight excluding hydrogens is 620 g/mol. The third-order valence-electron chi connectivity index (χ3n) is 9.24. The van der Waals surface area contributed by atoms with Gasteiger partial charge in [-0.1, -0.05) is 29.3 Å². The summed E-state index contributed by atoms with van der Waals surface area (Å²) in [5, 5.41) is 3.74. The minimum absolute atomic E-state index is 0.0223. The highest BCUT2D eigenvalue weighted by Crippen LogP contribution is 2.44. The number of pyridine rings is 1. The molecule has 45 heavy (non-hydrogen) atoms. The van der Waals surface area contributed by atoms with Crippen molar-refractivity contribution in [3.8, 4) is 5.75 Å². The van der Waals surface area contributed by atoms with Crippen molar-refractivity contribution in [2.24, 2.45) is 0 Å². The second-order valence-corrected chi connectivity index (χ2v) is 13.3. The zero-order valence-corrected chi connectivity index (χ0v) is 27.3. The van der Waals surface area contributed by atoms with Gasteiger partial charge in [-0.2, -0.15) is 0 Å². The SMILES string of the molecule is COc1c(N2C[C@@H](C)N(CC(=O)N3CCCC3)[C@@H](C)C2)c(F)cc2c(=O)c(C(=O)NCc3ccc(Cl)cc3Cl)cn(C3CC3)c12. The van der Waals surface area contributed by atoms with Crippen molar-refractivity contribution in [1.29, 1.82) is 0 Å². The number of nitrogens with one attached hydrogen (secondary N) is 1. The standard InChI is InChI=1S/C33H38Cl2FN5O4/c1-19-15-39(16-20(2)40(19)18-28(42)38-10-4-5-11-38)30-27(36)13-24-29(32(30)45-3)41(23-8-9-23)17-25(31(24)43)33(44)37-14-21-6-7-22(34)12-26(21)35/h6-7,12-13,17,19-20,23H,4-5,8-11,14-16,18H2,1-3H3,(H,37,44)/t19-,20+. The molecule has 0 unspecified atom stereocenters. The van der Waals surface area contributed by atoms with Crippen molar-refractivity contribution in [1.82, 2.24) is 19.7 Å². The summed E-state index contributed by atoms with van der Waals surface area (Å²) in [7, 11) is 1.48. The van der Waals surface area contributed by atoms with E-state index in [2.05, 4.69) is 10.2 Å². The van der Waals surface area contributed by atoms with Gasteiger partial charge in [-0.3, -0.25) is 19.3 Å². The Labute approximate surface area is 271 Å². The van der Waals surface area contributed by atoms with Crippen LogP contribution in [0.4, 0.5) is 10.1 Å². The van der Waals surface area contributed by atoms with Crippen LogP contribution in [0.15, 0.2) is 35.3 Å². The molecule has 1 aliphatic carbocycles. The van der Waals surface area contributed by atoms with Gasteiger partial charge in [0.05, 0.1) is 24.6 Å². The average molecular weight is 659 g/mol. The number of amides is 2. The summed E-state index contributed by atoms with van der Waals surface area (Å²) in [6.45, 7) is 7.12. The van der Waals surface area contributed by atoms with Gasteiger partial charge < -0.3 is 24.4 Å². The molecule has 3 aromatic rings. The molecule has 1 saturated carbocycles. The topological polar surface area (TPSA) is 87.1 Å². The molecule has 9 nitrogen and oxygen atoms in total. The monoisotopic (exact) mass is 657 g/mol. The largest absolute Gasteiger partial charge is 0.492 e. The van der Waals surface area contributed by atoms with Crippen LogP contribution in [0.5, 0.6) is 5.75 Å². The lowest BCUT2D eigenvalue weighted by Crippen LogP contribution is -2.59. The molecule has 2 aromatic carbocycles. The van der Waals surface area contributed by atoms with Crippen LogP contribution in [0.3, 0.4) is 0 Å². The molecule has 2 amide bonds. The molecule has 3 fully saturated rings. The van der Waals surface area contributed by atoms with Crippen molar-refractivity contribution in [2.45, 2.75) is 64.2 Å². The number of likely N-dealkylation sites (tertiary alicyclic amines) is 1. The van der Waals surface area contributed by atoms with Gasteiger partial charge in [0, 0.05) is 67.1 Å².